The number of hydrogen-bond acceptors (Lipinski definition) is 1. The Balaban J connectivity index is 2.23. The van der Waals surface area contributed by atoms with Crippen molar-refractivity contribution in [1.29, 1.82) is 0 Å². The second-order valence-electron chi connectivity index (χ2n) is 5.24. The summed E-state index contributed by atoms with van der Waals surface area (Å²) in [5.41, 5.74) is 8.18. The van der Waals surface area contributed by atoms with Crippen LogP contribution in [0, 0.1) is 0 Å². The first-order chi connectivity index (χ1) is 9.59. The highest BCUT2D eigenvalue weighted by atomic mass is 35.5. The molecule has 2 N–H and O–H groups in total. The van der Waals surface area contributed by atoms with E-state index >= 15 is 0 Å². The molecule has 0 radical (unpaired) electrons. The Bertz CT molecular complexity index is 757. The van der Waals surface area contributed by atoms with Crippen molar-refractivity contribution in [3.63, 3.8) is 0 Å². The van der Waals surface area contributed by atoms with Gasteiger partial charge in [-0.05, 0) is 41.0 Å². The minimum Gasteiger partial charge on any atom is -0.318 e. The van der Waals surface area contributed by atoms with Gasteiger partial charge in [0.25, 0.3) is 0 Å². The summed E-state index contributed by atoms with van der Waals surface area (Å²) < 4.78 is 0. The monoisotopic (exact) mass is 281 g/mol. The lowest BCUT2D eigenvalue weighted by Crippen LogP contribution is -2.34. The minimum absolute atomic E-state index is 0.578. The van der Waals surface area contributed by atoms with E-state index in [-0.39, 0.29) is 0 Å². The lowest BCUT2D eigenvalue weighted by molar-refractivity contribution is 0.609. The standard InChI is InChI=1S/C18H16ClN/c1-18(20,14-8-5-9-15(19)12-14)17-11-4-7-13-6-2-3-10-16(13)17/h2-12H,20H2,1H3. The van der Waals surface area contributed by atoms with Crippen LogP contribution < -0.4 is 5.73 Å². The van der Waals surface area contributed by atoms with Gasteiger partial charge in [0.05, 0.1) is 5.54 Å². The van der Waals surface area contributed by atoms with Crippen molar-refractivity contribution < 1.29 is 0 Å². The third-order valence-corrected chi connectivity index (χ3v) is 4.01. The molecule has 0 saturated heterocycles. The molecule has 0 bridgehead atoms. The summed E-state index contributed by atoms with van der Waals surface area (Å²) in [5, 5.41) is 3.09. The van der Waals surface area contributed by atoms with Gasteiger partial charge < -0.3 is 5.73 Å². The molecular formula is C18H16ClN. The predicted molar refractivity (Wildman–Crippen MR) is 86.0 cm³/mol. The van der Waals surface area contributed by atoms with Crippen molar-refractivity contribution in [1.82, 2.24) is 0 Å². The molecule has 1 unspecified atom stereocenters. The first-order valence-electron chi connectivity index (χ1n) is 6.62. The number of rotatable bonds is 2. The molecule has 0 fully saturated rings. The molecule has 2 heteroatoms. The Morgan fingerprint density at radius 2 is 1.60 bits per heavy atom. The molecule has 0 aliphatic rings. The van der Waals surface area contributed by atoms with E-state index in [1.165, 1.54) is 10.8 Å². The summed E-state index contributed by atoms with van der Waals surface area (Å²) >= 11 is 6.10. The molecule has 0 heterocycles. The Morgan fingerprint density at radius 3 is 2.40 bits per heavy atom. The maximum Gasteiger partial charge on any atom is 0.0643 e. The summed E-state index contributed by atoms with van der Waals surface area (Å²) in [6, 6.07) is 22.3. The van der Waals surface area contributed by atoms with Crippen LogP contribution in [0.2, 0.25) is 5.02 Å². The molecule has 3 aromatic rings. The van der Waals surface area contributed by atoms with Crippen molar-refractivity contribution in [2.45, 2.75) is 12.5 Å². The van der Waals surface area contributed by atoms with Gasteiger partial charge in [-0.1, -0.05) is 66.2 Å². The summed E-state index contributed by atoms with van der Waals surface area (Å²) in [7, 11) is 0. The number of fused-ring (bicyclic) bond motifs is 1. The van der Waals surface area contributed by atoms with Crippen LogP contribution in [0.4, 0.5) is 0 Å². The average molecular weight is 282 g/mol. The smallest absolute Gasteiger partial charge is 0.0643 e. The van der Waals surface area contributed by atoms with Gasteiger partial charge in [0.15, 0.2) is 0 Å². The van der Waals surface area contributed by atoms with Crippen molar-refractivity contribution in [2.75, 3.05) is 0 Å². The van der Waals surface area contributed by atoms with Crippen LogP contribution in [-0.2, 0) is 5.54 Å². The van der Waals surface area contributed by atoms with E-state index in [4.69, 9.17) is 17.3 Å². The van der Waals surface area contributed by atoms with Gasteiger partial charge in [-0.25, -0.2) is 0 Å². The molecule has 1 nitrogen and oxygen atoms in total. The molecule has 0 aromatic heterocycles. The van der Waals surface area contributed by atoms with Gasteiger partial charge in [0.1, 0.15) is 0 Å². The molecule has 0 amide bonds. The molecular weight excluding hydrogens is 266 g/mol. The SMILES string of the molecule is CC(N)(c1cccc(Cl)c1)c1cccc2ccccc12. The number of hydrogen-bond donors (Lipinski definition) is 1. The zero-order chi connectivity index (χ0) is 14.2. The van der Waals surface area contributed by atoms with Crippen LogP contribution in [-0.4, -0.2) is 0 Å². The molecule has 20 heavy (non-hydrogen) atoms. The first kappa shape index (κ1) is 13.2. The summed E-state index contributed by atoms with van der Waals surface area (Å²) in [4.78, 5) is 0. The molecule has 3 rings (SSSR count). The minimum atomic E-state index is -0.578. The quantitative estimate of drug-likeness (QED) is 0.723. The van der Waals surface area contributed by atoms with Crippen LogP contribution in [0.3, 0.4) is 0 Å². The largest absolute Gasteiger partial charge is 0.318 e. The van der Waals surface area contributed by atoms with Gasteiger partial charge in [-0.3, -0.25) is 0 Å². The summed E-state index contributed by atoms with van der Waals surface area (Å²) in [6.45, 7) is 2.03. The molecule has 0 aliphatic heterocycles. The van der Waals surface area contributed by atoms with Gasteiger partial charge in [0, 0.05) is 5.02 Å². The van der Waals surface area contributed by atoms with Crippen molar-refractivity contribution >= 4 is 22.4 Å². The van der Waals surface area contributed by atoms with Gasteiger partial charge >= 0.3 is 0 Å². The van der Waals surface area contributed by atoms with E-state index in [2.05, 4.69) is 24.3 Å². The van der Waals surface area contributed by atoms with Gasteiger partial charge in [-0.2, -0.15) is 0 Å². The first-order valence-corrected chi connectivity index (χ1v) is 7.00. The lowest BCUT2D eigenvalue weighted by atomic mass is 9.83. The molecule has 3 aromatic carbocycles. The van der Waals surface area contributed by atoms with Crippen LogP contribution in [0.25, 0.3) is 10.8 Å². The number of nitrogens with two attached hydrogens (primary N) is 1. The van der Waals surface area contributed by atoms with Crippen molar-refractivity contribution in [3.8, 4) is 0 Å². The predicted octanol–water partition coefficient (Wildman–Crippen LogP) is 4.72. The fourth-order valence-electron chi connectivity index (χ4n) is 2.65. The highest BCUT2D eigenvalue weighted by Crippen LogP contribution is 2.33. The number of halogens is 1. The Labute approximate surface area is 124 Å². The zero-order valence-corrected chi connectivity index (χ0v) is 12.1. The fourth-order valence-corrected chi connectivity index (χ4v) is 2.84. The third kappa shape index (κ3) is 2.20. The van der Waals surface area contributed by atoms with Crippen molar-refractivity contribution in [3.05, 3.63) is 82.9 Å². The maximum absolute atomic E-state index is 6.64. The van der Waals surface area contributed by atoms with Crippen LogP contribution in [0.15, 0.2) is 66.7 Å². The second-order valence-corrected chi connectivity index (χ2v) is 5.68. The Hall–Kier alpha value is -1.83. The van der Waals surface area contributed by atoms with E-state index in [1.54, 1.807) is 0 Å². The Morgan fingerprint density at radius 1 is 0.900 bits per heavy atom. The Kier molecular flexibility index (Phi) is 3.25. The van der Waals surface area contributed by atoms with E-state index in [0.29, 0.717) is 5.02 Å². The normalized spacial score (nSPS) is 14.2. The van der Waals surface area contributed by atoms with Crippen LogP contribution in [0.5, 0.6) is 0 Å². The van der Waals surface area contributed by atoms with Crippen molar-refractivity contribution in [2.24, 2.45) is 5.73 Å². The second kappa shape index (κ2) is 4.93. The van der Waals surface area contributed by atoms with Crippen LogP contribution in [0.1, 0.15) is 18.1 Å². The molecule has 0 aliphatic carbocycles. The summed E-state index contributed by atoms with van der Waals surface area (Å²) in [6.07, 6.45) is 0. The van der Waals surface area contributed by atoms with Gasteiger partial charge in [0.2, 0.25) is 0 Å². The van der Waals surface area contributed by atoms with Crippen LogP contribution >= 0.6 is 11.6 Å². The maximum atomic E-state index is 6.64. The highest BCUT2D eigenvalue weighted by Gasteiger charge is 2.25. The van der Waals surface area contributed by atoms with Gasteiger partial charge in [-0.15, -0.1) is 0 Å². The van der Waals surface area contributed by atoms with E-state index in [1.807, 2.05) is 49.4 Å². The van der Waals surface area contributed by atoms with E-state index < -0.39 is 5.54 Å². The lowest BCUT2D eigenvalue weighted by Gasteiger charge is -2.27. The molecule has 100 valence electrons. The van der Waals surface area contributed by atoms with E-state index in [0.717, 1.165) is 11.1 Å². The molecule has 1 atom stereocenters. The molecule has 0 saturated carbocycles. The fraction of sp³-hybridized carbons (Fsp3) is 0.111. The third-order valence-electron chi connectivity index (χ3n) is 3.77. The molecule has 0 spiro atoms. The highest BCUT2D eigenvalue weighted by molar-refractivity contribution is 6.30. The van der Waals surface area contributed by atoms with E-state index in [9.17, 15) is 0 Å². The average Bonchev–Trinajstić information content (AvgIpc) is 2.46. The summed E-state index contributed by atoms with van der Waals surface area (Å²) in [5.74, 6) is 0. The zero-order valence-electron chi connectivity index (χ0n) is 11.3. The number of benzene rings is 3. The topological polar surface area (TPSA) is 26.0 Å².